The van der Waals surface area contributed by atoms with Gasteiger partial charge in [-0.05, 0) is 81.8 Å². The van der Waals surface area contributed by atoms with E-state index in [1.54, 1.807) is 0 Å². The van der Waals surface area contributed by atoms with Crippen molar-refractivity contribution >= 4 is 0 Å². The summed E-state index contributed by atoms with van der Waals surface area (Å²) in [6, 6.07) is 2.78. The van der Waals surface area contributed by atoms with E-state index >= 15 is 0 Å². The molecule has 0 aromatic heterocycles. The fraction of sp³-hybridized carbons (Fsp3) is 0.688. The van der Waals surface area contributed by atoms with Crippen molar-refractivity contribution < 1.29 is 40.9 Å². The molecule has 1 heterocycles. The van der Waals surface area contributed by atoms with Crippen molar-refractivity contribution in [2.45, 2.75) is 96.4 Å². The van der Waals surface area contributed by atoms with Crippen molar-refractivity contribution in [3.8, 4) is 11.5 Å². The van der Waals surface area contributed by atoms with Gasteiger partial charge in [0.15, 0.2) is 24.1 Å². The van der Waals surface area contributed by atoms with Gasteiger partial charge in [0.2, 0.25) is 0 Å². The molecule has 1 aromatic carbocycles. The standard InChI is InChI=1S/C32H43F5O4/c1-2-3-4-5-24-19-39-31(40-20-24)25-12-8-22(9-13-25)6-7-23-10-14-26(15-11-23)32(36,37)41-27-16-17-29(28(33)18-27)38-21-30(34)35/h6-7,16-18,21-26,31H,2-5,8-15,19-20H2,1H3/b7-6+. The van der Waals surface area contributed by atoms with E-state index in [4.69, 9.17) is 14.2 Å². The zero-order valence-electron chi connectivity index (χ0n) is 23.9. The molecule has 3 aliphatic rings. The van der Waals surface area contributed by atoms with Gasteiger partial charge in [0.1, 0.15) is 5.75 Å². The van der Waals surface area contributed by atoms with Gasteiger partial charge in [0.25, 0.3) is 0 Å². The van der Waals surface area contributed by atoms with Crippen molar-refractivity contribution in [3.05, 3.63) is 48.5 Å². The van der Waals surface area contributed by atoms with E-state index < -0.39 is 29.7 Å². The summed E-state index contributed by atoms with van der Waals surface area (Å²) >= 11 is 0. The van der Waals surface area contributed by atoms with Crippen molar-refractivity contribution in [1.82, 2.24) is 0 Å². The molecule has 4 nitrogen and oxygen atoms in total. The maximum Gasteiger partial charge on any atom is 0.400 e. The molecule has 2 aliphatic carbocycles. The Bertz CT molecular complexity index is 988. The molecule has 9 heteroatoms. The SMILES string of the molecule is CCCCCC1COC(C2CCC(/C=C/C3CCC(C(F)(F)Oc4ccc(OC=C(F)F)c(F)c4)CC3)CC2)OC1. The fourth-order valence-corrected chi connectivity index (χ4v) is 6.24. The maximum atomic E-state index is 14.8. The minimum atomic E-state index is -3.47. The molecule has 0 N–H and O–H groups in total. The monoisotopic (exact) mass is 586 g/mol. The minimum Gasteiger partial charge on any atom is -0.456 e. The molecule has 0 bridgehead atoms. The molecule has 1 aliphatic heterocycles. The first-order valence-electron chi connectivity index (χ1n) is 15.2. The molecule has 2 saturated carbocycles. The van der Waals surface area contributed by atoms with Crippen LogP contribution in [-0.4, -0.2) is 25.6 Å². The second-order valence-corrected chi connectivity index (χ2v) is 11.8. The lowest BCUT2D eigenvalue weighted by molar-refractivity contribution is -0.229. The van der Waals surface area contributed by atoms with E-state index in [0.717, 1.165) is 51.0 Å². The summed E-state index contributed by atoms with van der Waals surface area (Å²) in [5.41, 5.74) is 0. The van der Waals surface area contributed by atoms with Gasteiger partial charge in [0, 0.05) is 17.9 Å². The molecule has 0 atom stereocenters. The second kappa shape index (κ2) is 15.4. The Morgan fingerprint density at radius 1 is 0.927 bits per heavy atom. The zero-order valence-corrected chi connectivity index (χ0v) is 23.9. The normalized spacial score (nSPS) is 29.3. The molecule has 230 valence electrons. The van der Waals surface area contributed by atoms with Gasteiger partial charge in [-0.3, -0.25) is 0 Å². The first kappa shape index (κ1) is 31.8. The Kier molecular flexibility index (Phi) is 11.9. The molecule has 4 rings (SSSR count). The Morgan fingerprint density at radius 2 is 1.56 bits per heavy atom. The van der Waals surface area contributed by atoms with Crippen LogP contribution < -0.4 is 9.47 Å². The van der Waals surface area contributed by atoms with E-state index in [0.29, 0.717) is 49.5 Å². The summed E-state index contributed by atoms with van der Waals surface area (Å²) in [4.78, 5) is 0. The van der Waals surface area contributed by atoms with Crippen molar-refractivity contribution in [2.24, 2.45) is 29.6 Å². The smallest absolute Gasteiger partial charge is 0.400 e. The Labute approximate surface area is 240 Å². The average Bonchev–Trinajstić information content (AvgIpc) is 2.96. The average molecular weight is 587 g/mol. The van der Waals surface area contributed by atoms with Crippen molar-refractivity contribution in [2.75, 3.05) is 13.2 Å². The minimum absolute atomic E-state index is 0.0765. The third-order valence-electron chi connectivity index (χ3n) is 8.74. The van der Waals surface area contributed by atoms with Crippen LogP contribution in [0.5, 0.6) is 11.5 Å². The third kappa shape index (κ3) is 9.70. The van der Waals surface area contributed by atoms with Crippen LogP contribution in [0, 0.1) is 35.4 Å². The molecule has 0 unspecified atom stereocenters. The van der Waals surface area contributed by atoms with Crippen LogP contribution in [0.3, 0.4) is 0 Å². The summed E-state index contributed by atoms with van der Waals surface area (Å²) in [6.45, 7) is 3.83. The fourth-order valence-electron chi connectivity index (χ4n) is 6.24. The van der Waals surface area contributed by atoms with Crippen molar-refractivity contribution in [1.29, 1.82) is 0 Å². The molecular formula is C32H43F5O4. The highest BCUT2D eigenvalue weighted by atomic mass is 19.3. The van der Waals surface area contributed by atoms with Gasteiger partial charge in [-0.15, -0.1) is 0 Å². The van der Waals surface area contributed by atoms with Crippen LogP contribution in [0.25, 0.3) is 0 Å². The number of benzene rings is 1. The van der Waals surface area contributed by atoms with E-state index in [1.807, 2.05) is 0 Å². The van der Waals surface area contributed by atoms with Gasteiger partial charge in [-0.1, -0.05) is 38.3 Å². The number of hydrogen-bond donors (Lipinski definition) is 0. The van der Waals surface area contributed by atoms with Gasteiger partial charge >= 0.3 is 12.2 Å². The molecule has 0 amide bonds. The number of unbranched alkanes of at least 4 members (excludes halogenated alkanes) is 2. The predicted octanol–water partition coefficient (Wildman–Crippen LogP) is 9.65. The quantitative estimate of drug-likeness (QED) is 0.106. The number of hydrogen-bond acceptors (Lipinski definition) is 4. The van der Waals surface area contributed by atoms with E-state index in [1.165, 1.54) is 25.7 Å². The van der Waals surface area contributed by atoms with Crippen LogP contribution in [0.15, 0.2) is 42.7 Å². The lowest BCUT2D eigenvalue weighted by Crippen LogP contribution is -2.38. The number of allylic oxidation sites excluding steroid dienone is 2. The van der Waals surface area contributed by atoms with E-state index in [9.17, 15) is 22.0 Å². The first-order valence-corrected chi connectivity index (χ1v) is 15.2. The molecule has 0 radical (unpaired) electrons. The third-order valence-corrected chi connectivity index (χ3v) is 8.74. The largest absolute Gasteiger partial charge is 0.456 e. The lowest BCUT2D eigenvalue weighted by Gasteiger charge is -2.37. The number of rotatable bonds is 12. The summed E-state index contributed by atoms with van der Waals surface area (Å²) in [6.07, 6.45) is 10.0. The van der Waals surface area contributed by atoms with Crippen LogP contribution in [0.4, 0.5) is 22.0 Å². The lowest BCUT2D eigenvalue weighted by atomic mass is 9.78. The van der Waals surface area contributed by atoms with E-state index in [-0.39, 0.29) is 24.2 Å². The van der Waals surface area contributed by atoms with Gasteiger partial charge in [0.05, 0.1) is 19.1 Å². The Balaban J connectivity index is 1.15. The van der Waals surface area contributed by atoms with E-state index in [2.05, 4.69) is 23.8 Å². The molecule has 3 fully saturated rings. The van der Waals surface area contributed by atoms with Crippen LogP contribution in [0.2, 0.25) is 0 Å². The number of halogens is 5. The summed E-state index contributed by atoms with van der Waals surface area (Å²) in [5, 5.41) is 0. The summed E-state index contributed by atoms with van der Waals surface area (Å²) in [5.74, 6) is -1.20. The molecule has 41 heavy (non-hydrogen) atoms. The van der Waals surface area contributed by atoms with Crippen molar-refractivity contribution in [3.63, 3.8) is 0 Å². The number of ether oxygens (including phenoxy) is 4. The highest BCUT2D eigenvalue weighted by molar-refractivity contribution is 5.33. The molecule has 1 saturated heterocycles. The topological polar surface area (TPSA) is 36.9 Å². The predicted molar refractivity (Wildman–Crippen MR) is 146 cm³/mol. The van der Waals surface area contributed by atoms with Crippen LogP contribution in [0.1, 0.15) is 84.0 Å². The zero-order chi connectivity index (χ0) is 29.2. The highest BCUT2D eigenvalue weighted by Crippen LogP contribution is 2.42. The summed E-state index contributed by atoms with van der Waals surface area (Å²) in [7, 11) is 0. The Morgan fingerprint density at radius 3 is 2.15 bits per heavy atom. The second-order valence-electron chi connectivity index (χ2n) is 11.8. The Hall–Kier alpha value is -2.13. The highest BCUT2D eigenvalue weighted by Gasteiger charge is 2.44. The van der Waals surface area contributed by atoms with Crippen LogP contribution >= 0.6 is 0 Å². The summed E-state index contributed by atoms with van der Waals surface area (Å²) < 4.78 is 89.5. The van der Waals surface area contributed by atoms with Gasteiger partial charge in [-0.25, -0.2) is 4.39 Å². The molecule has 1 aromatic rings. The van der Waals surface area contributed by atoms with Crippen LogP contribution in [-0.2, 0) is 9.47 Å². The van der Waals surface area contributed by atoms with Gasteiger partial charge in [-0.2, -0.15) is 17.6 Å². The first-order chi connectivity index (χ1) is 19.7. The molecule has 0 spiro atoms. The maximum absolute atomic E-state index is 14.8. The number of alkyl halides is 2. The molecular weight excluding hydrogens is 543 g/mol. The van der Waals surface area contributed by atoms with Gasteiger partial charge < -0.3 is 18.9 Å².